The van der Waals surface area contributed by atoms with Crippen LogP contribution in [0.15, 0.2) is 18.3 Å². The molecule has 1 fully saturated rings. The number of thiol groups is 1. The Labute approximate surface area is 220 Å². The zero-order valence-corrected chi connectivity index (χ0v) is 22.5. The molecule has 4 N–H and O–H groups in total. The van der Waals surface area contributed by atoms with Crippen molar-refractivity contribution in [3.63, 3.8) is 0 Å². The molecule has 0 aliphatic carbocycles. The molecule has 38 heavy (non-hydrogen) atoms. The highest BCUT2D eigenvalue weighted by Crippen LogP contribution is 2.57. The van der Waals surface area contributed by atoms with Gasteiger partial charge in [0.05, 0.1) is 58.6 Å². The SMILES string of the molecule is Cc1nc(C)c([C@H]([SH]2C[C@H](O)[C@H](n3cc(-c4cc(F)c(F)c(F)c4)nn3)[C@@H](O)[C@H]2CO)C(C)(C)O)nc1C. The second-order valence-electron chi connectivity index (χ2n) is 10.3. The van der Waals surface area contributed by atoms with Crippen molar-refractivity contribution < 1.29 is 33.6 Å². The summed E-state index contributed by atoms with van der Waals surface area (Å²) in [7, 11) is -1.45. The Balaban J connectivity index is 1.70. The zero-order chi connectivity index (χ0) is 28.1. The van der Waals surface area contributed by atoms with Crippen LogP contribution in [-0.4, -0.2) is 80.8 Å². The Morgan fingerprint density at radius 3 is 2.24 bits per heavy atom. The van der Waals surface area contributed by atoms with Crippen LogP contribution >= 0.6 is 10.9 Å². The number of aromatic nitrogens is 5. The van der Waals surface area contributed by atoms with E-state index in [4.69, 9.17) is 4.98 Å². The Hall–Kier alpha value is -2.58. The maximum atomic E-state index is 13.7. The van der Waals surface area contributed by atoms with Gasteiger partial charge in [0.15, 0.2) is 17.5 Å². The lowest BCUT2D eigenvalue weighted by Gasteiger charge is -2.50. The molecule has 1 saturated heterocycles. The molecule has 3 aromatic rings. The van der Waals surface area contributed by atoms with E-state index in [1.807, 2.05) is 13.8 Å². The van der Waals surface area contributed by atoms with Crippen LogP contribution in [-0.2, 0) is 0 Å². The van der Waals surface area contributed by atoms with Gasteiger partial charge < -0.3 is 20.4 Å². The van der Waals surface area contributed by atoms with Crippen molar-refractivity contribution in [1.29, 1.82) is 0 Å². The van der Waals surface area contributed by atoms with Crippen molar-refractivity contribution in [3.05, 3.63) is 58.6 Å². The van der Waals surface area contributed by atoms with Crippen LogP contribution in [0.25, 0.3) is 11.3 Å². The number of hydrogen-bond acceptors (Lipinski definition) is 8. The Kier molecular flexibility index (Phi) is 7.88. The summed E-state index contributed by atoms with van der Waals surface area (Å²) in [6, 6.07) is 0.505. The standard InChI is InChI=1S/C25H32F3N5O4S/c1-11-12(2)30-21(13(3)29-11)24(25(4,5)37)38-10-18(35)22(23(36)19(38)9-34)33-8-17(31-32-33)14-6-15(26)20(28)16(27)7-14/h6-8,18-19,22-24,34-38H,9-10H2,1-5H3/t18-,19+,22-,23-,24-/m0/s1. The number of hydrogen-bond donors (Lipinski definition) is 5. The van der Waals surface area contributed by atoms with Crippen molar-refractivity contribution in [2.45, 2.75) is 69.0 Å². The third kappa shape index (κ3) is 5.17. The summed E-state index contributed by atoms with van der Waals surface area (Å²) in [5, 5.41) is 50.6. The molecule has 0 saturated carbocycles. The highest BCUT2D eigenvalue weighted by molar-refractivity contribution is 8.18. The van der Waals surface area contributed by atoms with E-state index >= 15 is 0 Å². The van der Waals surface area contributed by atoms with E-state index in [1.165, 1.54) is 10.9 Å². The van der Waals surface area contributed by atoms with Gasteiger partial charge in [-0.2, -0.15) is 0 Å². The summed E-state index contributed by atoms with van der Waals surface area (Å²) in [5.74, 6) is -4.26. The molecule has 1 unspecified atom stereocenters. The van der Waals surface area contributed by atoms with Gasteiger partial charge in [0.25, 0.3) is 0 Å². The summed E-state index contributed by atoms with van der Waals surface area (Å²) in [6.45, 7) is 8.25. The van der Waals surface area contributed by atoms with Crippen LogP contribution in [0.5, 0.6) is 0 Å². The lowest BCUT2D eigenvalue weighted by Crippen LogP contribution is -2.52. The monoisotopic (exact) mass is 555 g/mol. The molecule has 0 spiro atoms. The number of halogens is 3. The smallest absolute Gasteiger partial charge is 0.194 e. The number of aliphatic hydroxyl groups excluding tert-OH is 3. The van der Waals surface area contributed by atoms with Crippen molar-refractivity contribution in [3.8, 4) is 11.3 Å². The molecule has 208 valence electrons. The van der Waals surface area contributed by atoms with Crippen LogP contribution < -0.4 is 0 Å². The zero-order valence-electron chi connectivity index (χ0n) is 21.6. The largest absolute Gasteiger partial charge is 0.395 e. The summed E-state index contributed by atoms with van der Waals surface area (Å²) in [6.07, 6.45) is -1.19. The van der Waals surface area contributed by atoms with Gasteiger partial charge in [-0.15, -0.1) is 5.10 Å². The fourth-order valence-corrected chi connectivity index (χ4v) is 8.76. The number of nitrogens with zero attached hydrogens (tertiary/aromatic N) is 5. The lowest BCUT2D eigenvalue weighted by molar-refractivity contribution is 0.00564. The number of aryl methyl sites for hydroxylation is 3. The van der Waals surface area contributed by atoms with Crippen LogP contribution in [0.4, 0.5) is 13.2 Å². The van der Waals surface area contributed by atoms with E-state index < -0.39 is 69.3 Å². The van der Waals surface area contributed by atoms with Crippen molar-refractivity contribution in [1.82, 2.24) is 25.0 Å². The van der Waals surface area contributed by atoms with Gasteiger partial charge in [0.1, 0.15) is 11.7 Å². The highest BCUT2D eigenvalue weighted by atomic mass is 32.2. The second-order valence-corrected chi connectivity index (χ2v) is 12.8. The number of benzene rings is 1. The molecule has 1 aliphatic heterocycles. The molecule has 3 heterocycles. The first-order valence-electron chi connectivity index (χ1n) is 12.1. The summed E-state index contributed by atoms with van der Waals surface area (Å²) in [4.78, 5) is 9.25. The molecule has 2 aromatic heterocycles. The van der Waals surface area contributed by atoms with E-state index in [1.54, 1.807) is 20.8 Å². The maximum absolute atomic E-state index is 13.7. The van der Waals surface area contributed by atoms with E-state index in [-0.39, 0.29) is 17.0 Å². The van der Waals surface area contributed by atoms with Gasteiger partial charge in [-0.3, -0.25) is 9.97 Å². The molecule has 0 bridgehead atoms. The van der Waals surface area contributed by atoms with E-state index in [9.17, 15) is 33.6 Å². The van der Waals surface area contributed by atoms with E-state index in [2.05, 4.69) is 15.3 Å². The average molecular weight is 556 g/mol. The predicted molar refractivity (Wildman–Crippen MR) is 136 cm³/mol. The summed E-state index contributed by atoms with van der Waals surface area (Å²) in [5.41, 5.74) is 1.22. The predicted octanol–water partition coefficient (Wildman–Crippen LogP) is 2.23. The molecule has 1 aromatic carbocycles. The molecule has 4 rings (SSSR count). The summed E-state index contributed by atoms with van der Waals surface area (Å²) >= 11 is 0. The minimum Gasteiger partial charge on any atom is -0.395 e. The second kappa shape index (κ2) is 10.5. The maximum Gasteiger partial charge on any atom is 0.194 e. The topological polar surface area (TPSA) is 137 Å². The molecule has 9 nitrogen and oxygen atoms in total. The summed E-state index contributed by atoms with van der Waals surface area (Å²) < 4.78 is 42.0. The number of aliphatic hydroxyl groups is 4. The molecular weight excluding hydrogens is 523 g/mol. The molecule has 0 radical (unpaired) electrons. The quantitative estimate of drug-likeness (QED) is 0.231. The fourth-order valence-electron chi connectivity index (χ4n) is 5.10. The Morgan fingerprint density at radius 2 is 1.66 bits per heavy atom. The fraction of sp³-hybridized carbons (Fsp3) is 0.520. The van der Waals surface area contributed by atoms with Gasteiger partial charge in [-0.05, 0) is 46.8 Å². The minimum absolute atomic E-state index is 0.00554. The first kappa shape index (κ1) is 28.4. The van der Waals surface area contributed by atoms with Crippen LogP contribution in [0.2, 0.25) is 0 Å². The van der Waals surface area contributed by atoms with Crippen molar-refractivity contribution >= 4 is 10.9 Å². The molecule has 13 heteroatoms. The molecular formula is C25H32F3N5O4S. The molecule has 0 amide bonds. The van der Waals surface area contributed by atoms with Gasteiger partial charge in [0, 0.05) is 16.6 Å². The first-order valence-corrected chi connectivity index (χ1v) is 13.7. The van der Waals surface area contributed by atoms with Gasteiger partial charge in [-0.1, -0.05) is 5.21 Å². The van der Waals surface area contributed by atoms with Crippen molar-refractivity contribution in [2.75, 3.05) is 12.4 Å². The third-order valence-corrected chi connectivity index (χ3v) is 10.7. The van der Waals surface area contributed by atoms with Gasteiger partial charge in [-0.25, -0.2) is 28.7 Å². The molecule has 1 aliphatic rings. The highest BCUT2D eigenvalue weighted by Gasteiger charge is 2.49. The molecule has 6 atom stereocenters. The van der Waals surface area contributed by atoms with Gasteiger partial charge >= 0.3 is 0 Å². The average Bonchev–Trinajstić information content (AvgIpc) is 3.29. The minimum atomic E-state index is -1.61. The third-order valence-electron chi connectivity index (χ3n) is 7.02. The first-order chi connectivity index (χ1) is 17.7. The van der Waals surface area contributed by atoms with Crippen LogP contribution in [0.1, 0.15) is 47.9 Å². The Morgan fingerprint density at radius 1 is 1.05 bits per heavy atom. The van der Waals surface area contributed by atoms with E-state index in [0.29, 0.717) is 17.1 Å². The lowest BCUT2D eigenvalue weighted by atomic mass is 10.00. The van der Waals surface area contributed by atoms with Crippen LogP contribution in [0, 0.1) is 38.2 Å². The normalized spacial score (nSPS) is 25.9. The van der Waals surface area contributed by atoms with Crippen LogP contribution in [0.3, 0.4) is 0 Å². The Bertz CT molecular complexity index is 1310. The van der Waals surface area contributed by atoms with E-state index in [0.717, 1.165) is 17.8 Å². The number of rotatable bonds is 6. The van der Waals surface area contributed by atoms with Crippen molar-refractivity contribution in [2.24, 2.45) is 0 Å². The van der Waals surface area contributed by atoms with Gasteiger partial charge in [0.2, 0.25) is 0 Å².